The molecule has 0 N–H and O–H groups in total. The largest absolute Gasteiger partial charge is 0.311 e. The molecule has 0 spiro atoms. The molecule has 0 radical (unpaired) electrons. The third-order valence-electron chi connectivity index (χ3n) is 3.90. The molecule has 5 heteroatoms. The molecule has 3 rings (SSSR count). The van der Waals surface area contributed by atoms with E-state index in [4.69, 9.17) is 0 Å². The van der Waals surface area contributed by atoms with Crippen molar-refractivity contribution in [3.8, 4) is 0 Å². The maximum atomic E-state index is 12.4. The first-order chi connectivity index (χ1) is 11.5. The van der Waals surface area contributed by atoms with E-state index in [1.807, 2.05) is 18.2 Å². The van der Waals surface area contributed by atoms with Crippen LogP contribution in [0.5, 0.6) is 0 Å². The summed E-state index contributed by atoms with van der Waals surface area (Å²) in [6, 6.07) is 16.1. The molecule has 2 aromatic carbocycles. The van der Waals surface area contributed by atoms with Gasteiger partial charge in [-0.3, -0.25) is 14.4 Å². The van der Waals surface area contributed by atoms with E-state index in [1.54, 1.807) is 41.3 Å². The van der Waals surface area contributed by atoms with Crippen LogP contribution in [0.15, 0.2) is 54.6 Å². The van der Waals surface area contributed by atoms with Gasteiger partial charge in [0, 0.05) is 42.0 Å². The molecular weight excluding hydrogens is 322 g/mol. The second kappa shape index (κ2) is 7.01. The summed E-state index contributed by atoms with van der Waals surface area (Å²) in [5, 5.41) is 0.0269. The van der Waals surface area contributed by atoms with Crippen molar-refractivity contribution >= 4 is 34.3 Å². The Morgan fingerprint density at radius 1 is 1.00 bits per heavy atom. The van der Waals surface area contributed by atoms with Gasteiger partial charge < -0.3 is 4.90 Å². The van der Waals surface area contributed by atoms with Crippen molar-refractivity contribution in [2.45, 2.75) is 18.6 Å². The number of benzene rings is 2. The van der Waals surface area contributed by atoms with Crippen molar-refractivity contribution in [1.82, 2.24) is 0 Å². The Bertz CT molecular complexity index is 771. The number of hydrogen-bond acceptors (Lipinski definition) is 4. The summed E-state index contributed by atoms with van der Waals surface area (Å²) in [4.78, 5) is 37.4. The summed E-state index contributed by atoms with van der Waals surface area (Å²) in [5.74, 6) is -0.0317. The lowest BCUT2D eigenvalue weighted by Crippen LogP contribution is -2.24. The molecule has 2 aromatic rings. The minimum atomic E-state index is -0.0417. The SMILES string of the molecule is CC(=O)SC1CC(=O)N(c2ccc(C(=O)c3ccccc3)cc2)C1. The summed E-state index contributed by atoms with van der Waals surface area (Å²) in [6.45, 7) is 2.04. The predicted molar refractivity (Wildman–Crippen MR) is 95.3 cm³/mol. The third kappa shape index (κ3) is 3.57. The van der Waals surface area contributed by atoms with Gasteiger partial charge in [-0.25, -0.2) is 0 Å². The number of nitrogens with zero attached hydrogens (tertiary/aromatic N) is 1. The fourth-order valence-electron chi connectivity index (χ4n) is 2.79. The predicted octanol–water partition coefficient (Wildman–Crippen LogP) is 3.30. The molecule has 1 amide bonds. The van der Waals surface area contributed by atoms with Gasteiger partial charge in [0.2, 0.25) is 5.91 Å². The topological polar surface area (TPSA) is 54.5 Å². The summed E-state index contributed by atoms with van der Waals surface area (Å²) >= 11 is 1.21. The van der Waals surface area contributed by atoms with Gasteiger partial charge in [-0.1, -0.05) is 42.1 Å². The number of hydrogen-bond donors (Lipinski definition) is 0. The number of ketones is 1. The lowest BCUT2D eigenvalue weighted by Gasteiger charge is -2.16. The lowest BCUT2D eigenvalue weighted by atomic mass is 10.0. The van der Waals surface area contributed by atoms with E-state index in [9.17, 15) is 14.4 Å². The van der Waals surface area contributed by atoms with Crippen molar-refractivity contribution in [1.29, 1.82) is 0 Å². The molecule has 0 saturated carbocycles. The average Bonchev–Trinajstić information content (AvgIpc) is 2.94. The highest BCUT2D eigenvalue weighted by molar-refractivity contribution is 8.14. The summed E-state index contributed by atoms with van der Waals surface area (Å²) in [6.07, 6.45) is 0.370. The minimum absolute atomic E-state index is 0.000581. The first-order valence-corrected chi connectivity index (χ1v) is 8.60. The van der Waals surface area contributed by atoms with Crippen LogP contribution in [0.3, 0.4) is 0 Å². The van der Waals surface area contributed by atoms with Gasteiger partial charge in [0.1, 0.15) is 0 Å². The molecular formula is C19H17NO3S. The summed E-state index contributed by atoms with van der Waals surface area (Å²) in [7, 11) is 0. The zero-order valence-electron chi connectivity index (χ0n) is 13.3. The molecule has 24 heavy (non-hydrogen) atoms. The number of thioether (sulfide) groups is 1. The van der Waals surface area contributed by atoms with Crippen LogP contribution in [0.4, 0.5) is 5.69 Å². The maximum absolute atomic E-state index is 12.4. The maximum Gasteiger partial charge on any atom is 0.228 e. The number of carbonyl (C=O) groups excluding carboxylic acids is 3. The zero-order valence-corrected chi connectivity index (χ0v) is 14.1. The van der Waals surface area contributed by atoms with Crippen molar-refractivity contribution in [3.05, 3.63) is 65.7 Å². The van der Waals surface area contributed by atoms with Crippen LogP contribution < -0.4 is 4.90 Å². The van der Waals surface area contributed by atoms with Crippen LogP contribution >= 0.6 is 11.8 Å². The molecule has 1 heterocycles. The zero-order chi connectivity index (χ0) is 17.1. The molecule has 0 bridgehead atoms. The first-order valence-electron chi connectivity index (χ1n) is 7.72. The van der Waals surface area contributed by atoms with Gasteiger partial charge in [0.05, 0.1) is 0 Å². The molecule has 1 unspecified atom stereocenters. The molecule has 1 saturated heterocycles. The van der Waals surface area contributed by atoms with E-state index in [1.165, 1.54) is 18.7 Å². The number of anilines is 1. The molecule has 4 nitrogen and oxygen atoms in total. The van der Waals surface area contributed by atoms with E-state index in [0.717, 1.165) is 5.69 Å². The highest BCUT2D eigenvalue weighted by atomic mass is 32.2. The van der Waals surface area contributed by atoms with E-state index in [0.29, 0.717) is 24.1 Å². The monoisotopic (exact) mass is 339 g/mol. The highest BCUT2D eigenvalue weighted by Crippen LogP contribution is 2.29. The lowest BCUT2D eigenvalue weighted by molar-refractivity contribution is -0.117. The molecule has 122 valence electrons. The van der Waals surface area contributed by atoms with Crippen molar-refractivity contribution in [3.63, 3.8) is 0 Å². The van der Waals surface area contributed by atoms with E-state index < -0.39 is 0 Å². The number of carbonyl (C=O) groups is 3. The van der Waals surface area contributed by atoms with Gasteiger partial charge >= 0.3 is 0 Å². The van der Waals surface area contributed by atoms with Crippen LogP contribution in [-0.2, 0) is 9.59 Å². The van der Waals surface area contributed by atoms with Crippen LogP contribution in [0.1, 0.15) is 29.3 Å². The molecule has 1 aliphatic rings. The normalized spacial score (nSPS) is 17.1. The molecule has 0 aromatic heterocycles. The van der Waals surface area contributed by atoms with Crippen LogP contribution in [-0.4, -0.2) is 28.6 Å². The van der Waals surface area contributed by atoms with Gasteiger partial charge in [-0.2, -0.15) is 0 Å². The second-order valence-corrected chi connectivity index (χ2v) is 7.16. The minimum Gasteiger partial charge on any atom is -0.311 e. The van der Waals surface area contributed by atoms with E-state index in [2.05, 4.69) is 0 Å². The Morgan fingerprint density at radius 2 is 1.62 bits per heavy atom. The van der Waals surface area contributed by atoms with Crippen LogP contribution in [0.2, 0.25) is 0 Å². The standard InChI is InChI=1S/C19H17NO3S/c1-13(21)24-17-11-18(22)20(12-17)16-9-7-15(8-10-16)19(23)14-5-3-2-4-6-14/h2-10,17H,11-12H2,1H3. The van der Waals surface area contributed by atoms with Gasteiger partial charge in [0.25, 0.3) is 0 Å². The first kappa shape index (κ1) is 16.5. The fourth-order valence-corrected chi connectivity index (χ4v) is 3.71. The van der Waals surface area contributed by atoms with Gasteiger partial charge in [-0.05, 0) is 24.3 Å². The Labute approximate surface area is 144 Å². The van der Waals surface area contributed by atoms with Crippen molar-refractivity contribution in [2.24, 2.45) is 0 Å². The fraction of sp³-hybridized carbons (Fsp3) is 0.211. The Balaban J connectivity index is 1.74. The third-order valence-corrected chi connectivity index (χ3v) is 4.88. The molecule has 1 aliphatic heterocycles. The highest BCUT2D eigenvalue weighted by Gasteiger charge is 2.31. The van der Waals surface area contributed by atoms with E-state index >= 15 is 0 Å². The molecule has 1 fully saturated rings. The summed E-state index contributed by atoms with van der Waals surface area (Å²) in [5.41, 5.74) is 1.99. The Hall–Kier alpha value is -2.40. The Morgan fingerprint density at radius 3 is 2.25 bits per heavy atom. The van der Waals surface area contributed by atoms with Gasteiger partial charge in [0.15, 0.2) is 10.9 Å². The van der Waals surface area contributed by atoms with Crippen LogP contribution in [0, 0.1) is 0 Å². The van der Waals surface area contributed by atoms with Gasteiger partial charge in [-0.15, -0.1) is 0 Å². The van der Waals surface area contributed by atoms with Crippen molar-refractivity contribution < 1.29 is 14.4 Å². The van der Waals surface area contributed by atoms with Crippen LogP contribution in [0.25, 0.3) is 0 Å². The molecule has 0 aliphatic carbocycles. The quantitative estimate of drug-likeness (QED) is 0.802. The molecule has 1 atom stereocenters. The average molecular weight is 339 g/mol. The Kier molecular flexibility index (Phi) is 4.81. The van der Waals surface area contributed by atoms with Crippen molar-refractivity contribution in [2.75, 3.05) is 11.4 Å². The smallest absolute Gasteiger partial charge is 0.228 e. The number of rotatable bonds is 4. The summed E-state index contributed by atoms with van der Waals surface area (Å²) < 4.78 is 0. The number of amides is 1. The van der Waals surface area contributed by atoms with E-state index in [-0.39, 0.29) is 22.1 Å². The second-order valence-electron chi connectivity index (χ2n) is 5.68.